The number of benzene rings is 3. The minimum atomic E-state index is -0.414. The molecule has 0 amide bonds. The highest BCUT2D eigenvalue weighted by Gasteiger charge is 2.17. The highest BCUT2D eigenvalue weighted by atomic mass is 16.6. The zero-order chi connectivity index (χ0) is 26.9. The van der Waals surface area contributed by atoms with E-state index in [-0.39, 0.29) is 12.3 Å². The lowest BCUT2D eigenvalue weighted by Gasteiger charge is -2.27. The van der Waals surface area contributed by atoms with Crippen molar-refractivity contribution in [2.24, 2.45) is 5.10 Å². The normalized spacial score (nSPS) is 13.3. The number of rotatable bonds is 10. The first kappa shape index (κ1) is 25.5. The summed E-state index contributed by atoms with van der Waals surface area (Å²) in [6, 6.07) is 23.4. The summed E-state index contributed by atoms with van der Waals surface area (Å²) in [7, 11) is 0. The van der Waals surface area contributed by atoms with Gasteiger partial charge in [0.05, 0.1) is 29.9 Å². The number of nitro benzene ring substituents is 1. The maximum atomic E-state index is 11.2. The van der Waals surface area contributed by atoms with Crippen molar-refractivity contribution < 1.29 is 14.4 Å². The van der Waals surface area contributed by atoms with E-state index >= 15 is 0 Å². The van der Waals surface area contributed by atoms with E-state index in [1.807, 2.05) is 47.4 Å². The Bertz CT molecular complexity index is 1430. The van der Waals surface area contributed by atoms with Crippen LogP contribution in [0.15, 0.2) is 84.0 Å². The maximum absolute atomic E-state index is 11.2. The lowest BCUT2D eigenvalue weighted by molar-refractivity contribution is -0.385. The first-order valence-electron chi connectivity index (χ1n) is 12.3. The van der Waals surface area contributed by atoms with Crippen LogP contribution in [0.4, 0.5) is 29.2 Å². The van der Waals surface area contributed by atoms with Crippen molar-refractivity contribution in [3.63, 3.8) is 0 Å². The molecule has 0 atom stereocenters. The predicted octanol–water partition coefficient (Wildman–Crippen LogP) is 4.39. The largest absolute Gasteiger partial charge is 0.489 e. The van der Waals surface area contributed by atoms with E-state index in [9.17, 15) is 10.1 Å². The molecule has 198 valence electrons. The Hall–Kier alpha value is -5.10. The van der Waals surface area contributed by atoms with Crippen LogP contribution in [0.25, 0.3) is 0 Å². The molecule has 12 nitrogen and oxygen atoms in total. The van der Waals surface area contributed by atoms with Crippen molar-refractivity contribution in [3.05, 3.63) is 100 Å². The Morgan fingerprint density at radius 1 is 0.949 bits per heavy atom. The van der Waals surface area contributed by atoms with Crippen LogP contribution in [0.5, 0.6) is 5.75 Å². The number of hydrazone groups is 1. The van der Waals surface area contributed by atoms with Gasteiger partial charge in [-0.05, 0) is 48.0 Å². The Morgan fingerprint density at radius 2 is 1.67 bits per heavy atom. The van der Waals surface area contributed by atoms with E-state index in [2.05, 4.69) is 30.8 Å². The third kappa shape index (κ3) is 7.02. The molecule has 0 bridgehead atoms. The highest BCUT2D eigenvalue weighted by molar-refractivity contribution is 5.80. The third-order valence-corrected chi connectivity index (χ3v) is 5.79. The van der Waals surface area contributed by atoms with Gasteiger partial charge in [-0.3, -0.25) is 10.1 Å². The summed E-state index contributed by atoms with van der Waals surface area (Å²) in [5, 5.41) is 18.7. The molecule has 0 saturated carbocycles. The first-order valence-corrected chi connectivity index (χ1v) is 12.3. The Morgan fingerprint density at radius 3 is 2.44 bits per heavy atom. The van der Waals surface area contributed by atoms with Crippen LogP contribution < -0.4 is 20.4 Å². The van der Waals surface area contributed by atoms with Crippen LogP contribution in [0.3, 0.4) is 0 Å². The van der Waals surface area contributed by atoms with Crippen LogP contribution in [0, 0.1) is 10.1 Å². The molecule has 1 aromatic heterocycles. The molecule has 0 radical (unpaired) electrons. The van der Waals surface area contributed by atoms with Crippen LogP contribution in [0.2, 0.25) is 0 Å². The van der Waals surface area contributed by atoms with Crippen LogP contribution >= 0.6 is 0 Å². The minimum absolute atomic E-state index is 0.0320. The molecule has 0 spiro atoms. The quantitative estimate of drug-likeness (QED) is 0.174. The molecule has 1 fully saturated rings. The fraction of sp³-hybridized carbons (Fsp3) is 0.185. The number of para-hydroxylation sites is 2. The molecule has 2 heterocycles. The molecule has 12 heteroatoms. The van der Waals surface area contributed by atoms with Crippen molar-refractivity contribution in [2.45, 2.75) is 6.61 Å². The number of hydrogen-bond acceptors (Lipinski definition) is 11. The van der Waals surface area contributed by atoms with Crippen molar-refractivity contribution >= 4 is 35.4 Å². The smallest absolute Gasteiger partial charge is 0.276 e. The maximum Gasteiger partial charge on any atom is 0.276 e. The Kier molecular flexibility index (Phi) is 8.14. The highest BCUT2D eigenvalue weighted by Crippen LogP contribution is 2.21. The number of morpholine rings is 1. The van der Waals surface area contributed by atoms with Crippen molar-refractivity contribution in [1.82, 2.24) is 15.0 Å². The molecule has 4 aromatic rings. The van der Waals surface area contributed by atoms with Gasteiger partial charge in [0.2, 0.25) is 17.8 Å². The Labute approximate surface area is 224 Å². The molecule has 5 rings (SSSR count). The van der Waals surface area contributed by atoms with E-state index in [0.717, 1.165) is 11.3 Å². The second kappa shape index (κ2) is 12.4. The van der Waals surface area contributed by atoms with E-state index in [0.29, 0.717) is 55.5 Å². The average Bonchev–Trinajstić information content (AvgIpc) is 2.98. The molecule has 1 aliphatic rings. The fourth-order valence-corrected chi connectivity index (χ4v) is 3.81. The average molecular weight is 527 g/mol. The summed E-state index contributed by atoms with van der Waals surface area (Å²) in [6.45, 7) is 2.68. The molecular weight excluding hydrogens is 500 g/mol. The summed E-state index contributed by atoms with van der Waals surface area (Å²) in [4.78, 5) is 26.4. The number of anilines is 4. The molecule has 1 saturated heterocycles. The van der Waals surface area contributed by atoms with Gasteiger partial charge in [-0.2, -0.15) is 20.1 Å². The second-order valence-electron chi connectivity index (χ2n) is 8.49. The number of nitrogens with one attached hydrogen (secondary N) is 2. The fourth-order valence-electron chi connectivity index (χ4n) is 3.81. The van der Waals surface area contributed by atoms with Gasteiger partial charge in [-0.15, -0.1) is 0 Å². The van der Waals surface area contributed by atoms with Gasteiger partial charge < -0.3 is 19.7 Å². The predicted molar refractivity (Wildman–Crippen MR) is 148 cm³/mol. The molecule has 1 aliphatic heterocycles. The lowest BCUT2D eigenvalue weighted by atomic mass is 10.2. The van der Waals surface area contributed by atoms with E-state index in [4.69, 9.17) is 9.47 Å². The lowest BCUT2D eigenvalue weighted by Crippen LogP contribution is -2.37. The molecule has 3 aromatic carbocycles. The third-order valence-electron chi connectivity index (χ3n) is 5.79. The molecule has 0 unspecified atom stereocenters. The second-order valence-corrected chi connectivity index (χ2v) is 8.49. The van der Waals surface area contributed by atoms with Crippen molar-refractivity contribution in [2.75, 3.05) is 41.9 Å². The first-order chi connectivity index (χ1) is 19.1. The van der Waals surface area contributed by atoms with Crippen molar-refractivity contribution in [1.29, 1.82) is 0 Å². The van der Waals surface area contributed by atoms with Gasteiger partial charge in [0, 0.05) is 24.8 Å². The number of nitro groups is 1. The zero-order valence-electron chi connectivity index (χ0n) is 20.9. The van der Waals surface area contributed by atoms with Gasteiger partial charge in [0.15, 0.2) is 0 Å². The number of nitrogens with zero attached hydrogens (tertiary/aromatic N) is 6. The summed E-state index contributed by atoms with van der Waals surface area (Å²) in [6.07, 6.45) is 1.63. The topological polar surface area (TPSA) is 140 Å². The number of ether oxygens (including phenoxy) is 2. The monoisotopic (exact) mass is 526 g/mol. The van der Waals surface area contributed by atoms with Crippen LogP contribution in [-0.4, -0.2) is 52.4 Å². The molecule has 0 aliphatic carbocycles. The SMILES string of the molecule is O=[N+]([O-])c1ccccc1COc1ccc(C=NNc2nc(Nc3ccccc3)nc(N3CCOCC3)n2)cc1. The van der Waals surface area contributed by atoms with Crippen LogP contribution in [-0.2, 0) is 11.3 Å². The standard InChI is InChI=1S/C27H26N8O4/c36-35(37)24-9-5-4-6-21(24)19-39-23-12-10-20(11-13-23)18-28-33-26-30-25(29-22-7-2-1-3-8-22)31-27(32-26)34-14-16-38-17-15-34/h1-13,18H,14-17,19H2,(H2,29,30,31,32,33). The zero-order valence-corrected chi connectivity index (χ0v) is 20.9. The van der Waals surface area contributed by atoms with Gasteiger partial charge in [0.25, 0.3) is 5.69 Å². The summed E-state index contributed by atoms with van der Waals surface area (Å²) >= 11 is 0. The Balaban J connectivity index is 1.24. The minimum Gasteiger partial charge on any atom is -0.489 e. The van der Waals surface area contributed by atoms with Gasteiger partial charge in [-0.1, -0.05) is 30.3 Å². The van der Waals surface area contributed by atoms with Crippen molar-refractivity contribution in [3.8, 4) is 5.75 Å². The molecular formula is C27H26N8O4. The summed E-state index contributed by atoms with van der Waals surface area (Å²) in [5.41, 5.74) is 5.10. The van der Waals surface area contributed by atoms with Gasteiger partial charge in [0.1, 0.15) is 12.4 Å². The number of aromatic nitrogens is 3. The van der Waals surface area contributed by atoms with Gasteiger partial charge in [-0.25, -0.2) is 5.43 Å². The van der Waals surface area contributed by atoms with E-state index in [1.54, 1.807) is 36.5 Å². The summed E-state index contributed by atoms with van der Waals surface area (Å²) in [5.74, 6) is 1.81. The van der Waals surface area contributed by atoms with Crippen LogP contribution in [0.1, 0.15) is 11.1 Å². The van der Waals surface area contributed by atoms with E-state index in [1.165, 1.54) is 6.07 Å². The number of hydrogen-bond donors (Lipinski definition) is 2. The molecule has 39 heavy (non-hydrogen) atoms. The molecule has 2 N–H and O–H groups in total. The summed E-state index contributed by atoms with van der Waals surface area (Å²) < 4.78 is 11.2. The van der Waals surface area contributed by atoms with E-state index < -0.39 is 4.92 Å². The van der Waals surface area contributed by atoms with Gasteiger partial charge >= 0.3 is 0 Å².